The van der Waals surface area contributed by atoms with E-state index in [1.54, 1.807) is 0 Å². The van der Waals surface area contributed by atoms with Crippen LogP contribution in [-0.4, -0.2) is 46.3 Å². The summed E-state index contributed by atoms with van der Waals surface area (Å²) in [6, 6.07) is 0. The fourth-order valence-electron chi connectivity index (χ4n) is 3.68. The summed E-state index contributed by atoms with van der Waals surface area (Å²) in [5.41, 5.74) is -9.10. The zero-order chi connectivity index (χ0) is 22.9. The molecule has 0 amide bonds. The molecule has 1 aliphatic carbocycles. The molecular formula is C19H28F6O4. The second-order valence-electron chi connectivity index (χ2n) is 8.36. The van der Waals surface area contributed by atoms with E-state index in [0.717, 1.165) is 0 Å². The standard InChI is InChI=1S/C19H28F6O4/c1-12(2)14(26)28-13-8-6-10-16(5,11-7-9-13)29-15(3,4)17(27,18(20,21)22)19(23,24)25/h13,27H,1,6-11H2,2-5H3. The minimum atomic E-state index is -5.98. The molecule has 10 heteroatoms. The average molecular weight is 434 g/mol. The second-order valence-corrected chi connectivity index (χ2v) is 8.36. The molecule has 1 rings (SSSR count). The predicted octanol–water partition coefficient (Wildman–Crippen LogP) is 5.24. The van der Waals surface area contributed by atoms with E-state index in [9.17, 15) is 36.2 Å². The summed E-state index contributed by atoms with van der Waals surface area (Å²) in [4.78, 5) is 11.6. The number of rotatable bonds is 5. The van der Waals surface area contributed by atoms with Crippen LogP contribution in [-0.2, 0) is 14.3 Å². The van der Waals surface area contributed by atoms with E-state index >= 15 is 0 Å². The van der Waals surface area contributed by atoms with Crippen LogP contribution in [0.4, 0.5) is 26.3 Å². The molecule has 170 valence electrons. The highest BCUT2D eigenvalue weighted by molar-refractivity contribution is 5.87. The zero-order valence-corrected chi connectivity index (χ0v) is 17.0. The smallest absolute Gasteiger partial charge is 0.429 e. The van der Waals surface area contributed by atoms with Gasteiger partial charge in [-0.2, -0.15) is 26.3 Å². The van der Waals surface area contributed by atoms with Gasteiger partial charge in [-0.25, -0.2) is 4.79 Å². The number of ether oxygens (including phenoxy) is 2. The Labute approximate surface area is 166 Å². The van der Waals surface area contributed by atoms with Gasteiger partial charge in [-0.3, -0.25) is 0 Å². The fourth-order valence-corrected chi connectivity index (χ4v) is 3.68. The molecule has 0 aromatic rings. The van der Waals surface area contributed by atoms with Crippen LogP contribution in [0.2, 0.25) is 0 Å². The summed E-state index contributed by atoms with van der Waals surface area (Å²) >= 11 is 0. The molecule has 0 saturated heterocycles. The Balaban J connectivity index is 2.96. The lowest BCUT2D eigenvalue weighted by Crippen LogP contribution is -2.70. The van der Waals surface area contributed by atoms with E-state index in [4.69, 9.17) is 9.47 Å². The molecule has 1 aliphatic rings. The summed E-state index contributed by atoms with van der Waals surface area (Å²) < 4.78 is 90.2. The third-order valence-corrected chi connectivity index (χ3v) is 5.28. The lowest BCUT2D eigenvalue weighted by molar-refractivity contribution is -0.420. The topological polar surface area (TPSA) is 55.8 Å². The van der Waals surface area contributed by atoms with Gasteiger partial charge in [-0.1, -0.05) is 6.58 Å². The van der Waals surface area contributed by atoms with Gasteiger partial charge < -0.3 is 14.6 Å². The van der Waals surface area contributed by atoms with Crippen molar-refractivity contribution in [3.05, 3.63) is 12.2 Å². The Morgan fingerprint density at radius 2 is 1.45 bits per heavy atom. The molecule has 1 saturated carbocycles. The van der Waals surface area contributed by atoms with Crippen molar-refractivity contribution in [2.24, 2.45) is 0 Å². The van der Waals surface area contributed by atoms with Gasteiger partial charge in [0.15, 0.2) is 0 Å². The van der Waals surface area contributed by atoms with Gasteiger partial charge >= 0.3 is 18.3 Å². The molecule has 0 heterocycles. The summed E-state index contributed by atoms with van der Waals surface area (Å²) in [5.74, 6) is -0.545. The highest BCUT2D eigenvalue weighted by atomic mass is 19.4. The van der Waals surface area contributed by atoms with E-state index in [-0.39, 0.29) is 18.4 Å². The largest absolute Gasteiger partial charge is 0.459 e. The van der Waals surface area contributed by atoms with Crippen LogP contribution in [0.1, 0.15) is 66.2 Å². The molecule has 0 radical (unpaired) electrons. The van der Waals surface area contributed by atoms with Crippen LogP contribution in [0, 0.1) is 0 Å². The number of carbonyl (C=O) groups is 1. The van der Waals surface area contributed by atoms with E-state index in [1.165, 1.54) is 13.8 Å². The first-order valence-corrected chi connectivity index (χ1v) is 9.29. The summed E-state index contributed by atoms with van der Waals surface area (Å²) in [6.45, 7) is 7.61. The average Bonchev–Trinajstić information content (AvgIpc) is 2.48. The van der Waals surface area contributed by atoms with Crippen molar-refractivity contribution in [1.82, 2.24) is 0 Å². The van der Waals surface area contributed by atoms with Gasteiger partial charge in [-0.05, 0) is 66.2 Å². The molecule has 0 aromatic carbocycles. The first-order chi connectivity index (χ1) is 12.9. The summed E-state index contributed by atoms with van der Waals surface area (Å²) in [7, 11) is 0. The van der Waals surface area contributed by atoms with Crippen LogP contribution >= 0.6 is 0 Å². The molecule has 0 aliphatic heterocycles. The molecular weight excluding hydrogens is 406 g/mol. The van der Waals surface area contributed by atoms with Crippen molar-refractivity contribution >= 4 is 5.97 Å². The van der Waals surface area contributed by atoms with Crippen molar-refractivity contribution in [3.8, 4) is 0 Å². The number of aliphatic hydroxyl groups is 1. The first-order valence-electron chi connectivity index (χ1n) is 9.29. The Kier molecular flexibility index (Phi) is 7.50. The quantitative estimate of drug-likeness (QED) is 0.365. The number of hydrogen-bond donors (Lipinski definition) is 1. The number of alkyl halides is 6. The SMILES string of the molecule is C=C(C)C(=O)OC1CCCC(C)(OC(C)(C)C(O)(C(F)(F)F)C(F)(F)F)CCC1. The van der Waals surface area contributed by atoms with Gasteiger partial charge in [-0.15, -0.1) is 0 Å². The third kappa shape index (κ3) is 5.65. The van der Waals surface area contributed by atoms with Crippen molar-refractivity contribution in [3.63, 3.8) is 0 Å². The van der Waals surface area contributed by atoms with Crippen LogP contribution in [0.3, 0.4) is 0 Å². The van der Waals surface area contributed by atoms with Gasteiger partial charge in [0.2, 0.25) is 0 Å². The van der Waals surface area contributed by atoms with Gasteiger partial charge in [0.25, 0.3) is 5.60 Å². The maximum atomic E-state index is 13.3. The van der Waals surface area contributed by atoms with E-state index in [0.29, 0.717) is 39.5 Å². The minimum absolute atomic E-state index is 0.142. The molecule has 4 nitrogen and oxygen atoms in total. The Morgan fingerprint density at radius 3 is 1.79 bits per heavy atom. The lowest BCUT2D eigenvalue weighted by atomic mass is 9.81. The molecule has 1 fully saturated rings. The molecule has 1 N–H and O–H groups in total. The number of hydrogen-bond acceptors (Lipinski definition) is 4. The summed E-state index contributed by atoms with van der Waals surface area (Å²) in [6.07, 6.45) is -10.6. The monoisotopic (exact) mass is 434 g/mol. The highest BCUT2D eigenvalue weighted by Crippen LogP contribution is 2.52. The minimum Gasteiger partial charge on any atom is -0.459 e. The third-order valence-electron chi connectivity index (χ3n) is 5.28. The molecule has 0 bridgehead atoms. The highest BCUT2D eigenvalue weighted by Gasteiger charge is 2.78. The van der Waals surface area contributed by atoms with Gasteiger partial charge in [0, 0.05) is 5.57 Å². The van der Waals surface area contributed by atoms with Crippen LogP contribution in [0.25, 0.3) is 0 Å². The normalized spacial score (nSPS) is 25.1. The maximum Gasteiger partial charge on any atom is 0.429 e. The van der Waals surface area contributed by atoms with Crippen molar-refractivity contribution in [1.29, 1.82) is 0 Å². The van der Waals surface area contributed by atoms with Crippen molar-refractivity contribution in [2.45, 2.75) is 101 Å². The van der Waals surface area contributed by atoms with Crippen LogP contribution < -0.4 is 0 Å². The van der Waals surface area contributed by atoms with Crippen molar-refractivity contribution in [2.75, 3.05) is 0 Å². The molecule has 0 unspecified atom stereocenters. The van der Waals surface area contributed by atoms with E-state index in [1.807, 2.05) is 0 Å². The Morgan fingerprint density at radius 1 is 1.03 bits per heavy atom. The molecule has 0 atom stereocenters. The van der Waals surface area contributed by atoms with E-state index in [2.05, 4.69) is 6.58 Å². The summed E-state index contributed by atoms with van der Waals surface area (Å²) in [5, 5.41) is 9.74. The van der Waals surface area contributed by atoms with Crippen LogP contribution in [0.15, 0.2) is 12.2 Å². The Hall–Kier alpha value is -1.29. The van der Waals surface area contributed by atoms with Crippen LogP contribution in [0.5, 0.6) is 0 Å². The second kappa shape index (κ2) is 8.45. The fraction of sp³-hybridized carbons (Fsp3) is 0.842. The first kappa shape index (κ1) is 25.7. The van der Waals surface area contributed by atoms with Crippen molar-refractivity contribution < 1.29 is 45.7 Å². The van der Waals surface area contributed by atoms with E-state index < -0.39 is 41.2 Å². The predicted molar refractivity (Wildman–Crippen MR) is 93.0 cm³/mol. The molecule has 29 heavy (non-hydrogen) atoms. The number of carbonyl (C=O) groups excluding carboxylic acids is 1. The number of esters is 1. The Bertz CT molecular complexity index is 585. The number of halogens is 6. The zero-order valence-electron chi connectivity index (χ0n) is 17.0. The molecule has 0 aromatic heterocycles. The molecule has 0 spiro atoms. The van der Waals surface area contributed by atoms with Gasteiger partial charge in [0.05, 0.1) is 5.60 Å². The van der Waals surface area contributed by atoms with Gasteiger partial charge in [0.1, 0.15) is 11.7 Å². The maximum absolute atomic E-state index is 13.3. The lowest BCUT2D eigenvalue weighted by Gasteiger charge is -2.48.